The predicted octanol–water partition coefficient (Wildman–Crippen LogP) is 1.50. The second-order valence-corrected chi connectivity index (χ2v) is 2.68. The lowest BCUT2D eigenvalue weighted by molar-refractivity contribution is 0.338. The maximum absolute atomic E-state index is 5.68. The summed E-state index contributed by atoms with van der Waals surface area (Å²) in [6.07, 6.45) is 3.45. The van der Waals surface area contributed by atoms with E-state index in [-0.39, 0.29) is 6.04 Å². The van der Waals surface area contributed by atoms with Gasteiger partial charge in [0.1, 0.15) is 5.75 Å². The van der Waals surface area contributed by atoms with Crippen molar-refractivity contribution in [2.75, 3.05) is 6.61 Å². The van der Waals surface area contributed by atoms with Gasteiger partial charge < -0.3 is 10.5 Å². The third-order valence-corrected chi connectivity index (χ3v) is 1.57. The van der Waals surface area contributed by atoms with Crippen LogP contribution in [0.1, 0.15) is 25.5 Å². The fourth-order valence-electron chi connectivity index (χ4n) is 0.930. The zero-order chi connectivity index (χ0) is 8.97. The predicted molar refractivity (Wildman–Crippen MR) is 48.0 cm³/mol. The summed E-state index contributed by atoms with van der Waals surface area (Å²) in [6, 6.07) is 1.93. The van der Waals surface area contributed by atoms with Crippen LogP contribution in [0.25, 0.3) is 0 Å². The molecule has 1 unspecified atom stereocenters. The standard InChI is InChI=1S/C9H14N2O/c1-3-12-9-4-8(7(2)10)5-11-6-9/h4-7H,3,10H2,1-2H3. The first-order valence-electron chi connectivity index (χ1n) is 4.07. The molecule has 0 radical (unpaired) electrons. The number of nitrogens with two attached hydrogens (primary N) is 1. The van der Waals surface area contributed by atoms with Gasteiger partial charge in [-0.25, -0.2) is 0 Å². The van der Waals surface area contributed by atoms with Crippen molar-refractivity contribution in [3.8, 4) is 5.75 Å². The Hall–Kier alpha value is -1.09. The van der Waals surface area contributed by atoms with Crippen LogP contribution < -0.4 is 10.5 Å². The average Bonchev–Trinajstić information content (AvgIpc) is 2.05. The largest absolute Gasteiger partial charge is 0.492 e. The Morgan fingerprint density at radius 2 is 2.33 bits per heavy atom. The molecule has 0 spiro atoms. The van der Waals surface area contributed by atoms with Crippen molar-refractivity contribution in [3.63, 3.8) is 0 Å². The number of hydrogen-bond donors (Lipinski definition) is 1. The van der Waals surface area contributed by atoms with Crippen molar-refractivity contribution >= 4 is 0 Å². The van der Waals surface area contributed by atoms with E-state index in [0.717, 1.165) is 11.3 Å². The van der Waals surface area contributed by atoms with E-state index in [1.165, 1.54) is 0 Å². The van der Waals surface area contributed by atoms with Crippen molar-refractivity contribution in [1.29, 1.82) is 0 Å². The van der Waals surface area contributed by atoms with Gasteiger partial charge in [-0.05, 0) is 25.5 Å². The first-order chi connectivity index (χ1) is 5.74. The van der Waals surface area contributed by atoms with Gasteiger partial charge in [-0.2, -0.15) is 0 Å². The molecule has 66 valence electrons. The number of pyridine rings is 1. The van der Waals surface area contributed by atoms with E-state index in [1.807, 2.05) is 19.9 Å². The quantitative estimate of drug-likeness (QED) is 0.740. The molecule has 1 atom stereocenters. The van der Waals surface area contributed by atoms with Crippen LogP contribution in [0.5, 0.6) is 5.75 Å². The lowest BCUT2D eigenvalue weighted by atomic mass is 10.1. The Balaban J connectivity index is 2.81. The first-order valence-corrected chi connectivity index (χ1v) is 4.07. The van der Waals surface area contributed by atoms with E-state index in [0.29, 0.717) is 6.61 Å². The van der Waals surface area contributed by atoms with Crippen LogP contribution >= 0.6 is 0 Å². The minimum Gasteiger partial charge on any atom is -0.492 e. The van der Waals surface area contributed by atoms with E-state index in [2.05, 4.69) is 4.98 Å². The molecule has 1 heterocycles. The molecule has 1 aromatic heterocycles. The highest BCUT2D eigenvalue weighted by atomic mass is 16.5. The summed E-state index contributed by atoms with van der Waals surface area (Å²) in [6.45, 7) is 4.52. The summed E-state index contributed by atoms with van der Waals surface area (Å²) in [5.74, 6) is 0.785. The molecule has 0 aliphatic rings. The third-order valence-electron chi connectivity index (χ3n) is 1.57. The Morgan fingerprint density at radius 3 is 2.92 bits per heavy atom. The zero-order valence-electron chi connectivity index (χ0n) is 7.45. The number of ether oxygens (including phenoxy) is 1. The molecular weight excluding hydrogens is 152 g/mol. The van der Waals surface area contributed by atoms with Gasteiger partial charge in [0.15, 0.2) is 0 Å². The molecule has 0 saturated heterocycles. The Morgan fingerprint density at radius 1 is 1.58 bits per heavy atom. The van der Waals surface area contributed by atoms with Gasteiger partial charge in [-0.1, -0.05) is 0 Å². The minimum absolute atomic E-state index is 0.0120. The van der Waals surface area contributed by atoms with Gasteiger partial charge in [0, 0.05) is 12.2 Å². The monoisotopic (exact) mass is 166 g/mol. The molecule has 0 saturated carbocycles. The summed E-state index contributed by atoms with van der Waals surface area (Å²) < 4.78 is 5.28. The van der Waals surface area contributed by atoms with Crippen LogP contribution in [0.15, 0.2) is 18.5 Å². The molecular formula is C9H14N2O. The molecule has 0 aliphatic heterocycles. The van der Waals surface area contributed by atoms with Gasteiger partial charge in [-0.15, -0.1) is 0 Å². The van der Waals surface area contributed by atoms with E-state index in [1.54, 1.807) is 12.4 Å². The molecule has 0 bridgehead atoms. The van der Waals surface area contributed by atoms with Crippen LogP contribution in [-0.4, -0.2) is 11.6 Å². The zero-order valence-corrected chi connectivity index (χ0v) is 7.45. The Bertz CT molecular complexity index is 248. The fourth-order valence-corrected chi connectivity index (χ4v) is 0.930. The van der Waals surface area contributed by atoms with Crippen molar-refractivity contribution in [2.45, 2.75) is 19.9 Å². The minimum atomic E-state index is 0.0120. The fraction of sp³-hybridized carbons (Fsp3) is 0.444. The van der Waals surface area contributed by atoms with Crippen LogP contribution in [0.3, 0.4) is 0 Å². The van der Waals surface area contributed by atoms with Crippen molar-refractivity contribution in [2.24, 2.45) is 5.73 Å². The SMILES string of the molecule is CCOc1cncc(C(C)N)c1. The first kappa shape index (κ1) is 9.00. The van der Waals surface area contributed by atoms with Gasteiger partial charge in [0.25, 0.3) is 0 Å². The Labute approximate surface area is 72.6 Å². The van der Waals surface area contributed by atoms with E-state index in [9.17, 15) is 0 Å². The normalized spacial score (nSPS) is 12.6. The van der Waals surface area contributed by atoms with Crippen molar-refractivity contribution in [3.05, 3.63) is 24.0 Å². The molecule has 3 heteroatoms. The lowest BCUT2D eigenvalue weighted by Crippen LogP contribution is -2.05. The number of rotatable bonds is 3. The number of hydrogen-bond acceptors (Lipinski definition) is 3. The van der Waals surface area contributed by atoms with E-state index in [4.69, 9.17) is 10.5 Å². The molecule has 2 N–H and O–H groups in total. The number of aromatic nitrogens is 1. The average molecular weight is 166 g/mol. The molecule has 0 fully saturated rings. The van der Waals surface area contributed by atoms with Crippen molar-refractivity contribution in [1.82, 2.24) is 4.98 Å². The molecule has 3 nitrogen and oxygen atoms in total. The van der Waals surface area contributed by atoms with E-state index >= 15 is 0 Å². The topological polar surface area (TPSA) is 48.1 Å². The molecule has 0 aromatic carbocycles. The van der Waals surface area contributed by atoms with Gasteiger partial charge >= 0.3 is 0 Å². The summed E-state index contributed by atoms with van der Waals surface area (Å²) >= 11 is 0. The summed E-state index contributed by atoms with van der Waals surface area (Å²) in [4.78, 5) is 4.02. The van der Waals surface area contributed by atoms with Crippen LogP contribution in [0.4, 0.5) is 0 Å². The van der Waals surface area contributed by atoms with Gasteiger partial charge in [0.2, 0.25) is 0 Å². The third kappa shape index (κ3) is 2.20. The van der Waals surface area contributed by atoms with Crippen LogP contribution in [0.2, 0.25) is 0 Å². The van der Waals surface area contributed by atoms with Crippen LogP contribution in [-0.2, 0) is 0 Å². The second kappa shape index (κ2) is 4.07. The molecule has 1 aromatic rings. The molecule has 0 aliphatic carbocycles. The highest BCUT2D eigenvalue weighted by molar-refractivity contribution is 5.25. The lowest BCUT2D eigenvalue weighted by Gasteiger charge is -2.07. The summed E-state index contributed by atoms with van der Waals surface area (Å²) in [7, 11) is 0. The molecule has 0 amide bonds. The number of nitrogens with zero attached hydrogens (tertiary/aromatic N) is 1. The Kier molecular flexibility index (Phi) is 3.05. The summed E-state index contributed by atoms with van der Waals surface area (Å²) in [5, 5.41) is 0. The van der Waals surface area contributed by atoms with Crippen molar-refractivity contribution < 1.29 is 4.74 Å². The maximum atomic E-state index is 5.68. The summed E-state index contributed by atoms with van der Waals surface area (Å²) in [5.41, 5.74) is 6.68. The molecule has 1 rings (SSSR count). The van der Waals surface area contributed by atoms with E-state index < -0.39 is 0 Å². The smallest absolute Gasteiger partial charge is 0.137 e. The van der Waals surface area contributed by atoms with Gasteiger partial charge in [0.05, 0.1) is 12.8 Å². The van der Waals surface area contributed by atoms with Gasteiger partial charge in [-0.3, -0.25) is 4.98 Å². The maximum Gasteiger partial charge on any atom is 0.137 e. The highest BCUT2D eigenvalue weighted by Crippen LogP contribution is 2.15. The second-order valence-electron chi connectivity index (χ2n) is 2.68. The highest BCUT2D eigenvalue weighted by Gasteiger charge is 2.00. The molecule has 12 heavy (non-hydrogen) atoms. The van der Waals surface area contributed by atoms with Crippen LogP contribution in [0, 0.1) is 0 Å².